The minimum Gasteiger partial charge on any atom is -0.353 e. The van der Waals surface area contributed by atoms with Crippen LogP contribution in [-0.4, -0.2) is 4.98 Å². The quantitative estimate of drug-likeness (QED) is 0.701. The molecule has 0 fully saturated rings. The zero-order valence-corrected chi connectivity index (χ0v) is 8.64. The molecule has 0 aliphatic carbocycles. The summed E-state index contributed by atoms with van der Waals surface area (Å²) < 4.78 is 0. The second-order valence-corrected chi connectivity index (χ2v) is 3.73. The highest BCUT2D eigenvalue weighted by Crippen LogP contribution is 2.18. The third-order valence-electron chi connectivity index (χ3n) is 2.63. The molecule has 1 nitrogen and oxygen atoms in total. The molecule has 0 bridgehead atoms. The fraction of sp³-hybridized carbons (Fsp3) is 0.385. The van der Waals surface area contributed by atoms with Crippen LogP contribution in [0.5, 0.6) is 0 Å². The lowest BCUT2D eigenvalue weighted by molar-refractivity contribution is 0.719. The molecule has 0 spiro atoms. The van der Waals surface area contributed by atoms with E-state index in [1.165, 1.54) is 35.7 Å². The van der Waals surface area contributed by atoms with E-state index in [-0.39, 0.29) is 0 Å². The Bertz CT molecular complexity index is 400. The number of aryl methyl sites for hydroxylation is 1. The van der Waals surface area contributed by atoms with E-state index in [4.69, 9.17) is 0 Å². The average molecular weight is 186 g/mol. The van der Waals surface area contributed by atoms with Gasteiger partial charge < -0.3 is 4.98 Å². The second-order valence-electron chi connectivity index (χ2n) is 3.73. The minimum atomic E-state index is 1.15. The number of rotatable bonds is 4. The molecule has 1 radical (unpaired) electrons. The first-order valence-electron chi connectivity index (χ1n) is 5.39. The number of fused-ring (bicyclic) bond motifs is 1. The van der Waals surface area contributed by atoms with E-state index in [0.29, 0.717) is 0 Å². The van der Waals surface area contributed by atoms with Gasteiger partial charge in [0.1, 0.15) is 0 Å². The standard InChI is InChI=1S/C13H16N/c1-2-3-4-7-11-10-14-13-9-6-5-8-12(11)13/h5-6,8-9,14H,2-4,7H2,1H3. The summed E-state index contributed by atoms with van der Waals surface area (Å²) in [5.74, 6) is 0. The molecule has 0 atom stereocenters. The van der Waals surface area contributed by atoms with Gasteiger partial charge in [-0.2, -0.15) is 0 Å². The van der Waals surface area contributed by atoms with E-state index in [2.05, 4.69) is 42.4 Å². The maximum Gasteiger partial charge on any atom is 0.0666 e. The lowest BCUT2D eigenvalue weighted by atomic mass is 10.1. The Kier molecular flexibility index (Phi) is 2.87. The topological polar surface area (TPSA) is 15.8 Å². The molecular formula is C13H16N. The minimum absolute atomic E-state index is 1.15. The summed E-state index contributed by atoms with van der Waals surface area (Å²) in [6, 6.07) is 8.43. The van der Waals surface area contributed by atoms with Crippen LogP contribution in [0, 0.1) is 6.20 Å². The van der Waals surface area contributed by atoms with Crippen molar-refractivity contribution in [3.8, 4) is 0 Å². The Labute approximate surface area is 85.1 Å². The molecule has 0 aliphatic rings. The Morgan fingerprint density at radius 3 is 2.93 bits per heavy atom. The van der Waals surface area contributed by atoms with Gasteiger partial charge in [0.25, 0.3) is 0 Å². The number of aromatic nitrogens is 1. The highest BCUT2D eigenvalue weighted by molar-refractivity contribution is 5.82. The van der Waals surface area contributed by atoms with Gasteiger partial charge in [-0.3, -0.25) is 0 Å². The number of aromatic amines is 1. The van der Waals surface area contributed by atoms with Crippen LogP contribution >= 0.6 is 0 Å². The molecule has 1 aromatic carbocycles. The number of hydrogen-bond acceptors (Lipinski definition) is 0. The SMILES string of the molecule is CCCCCc1[c][nH]c2ccccc12. The van der Waals surface area contributed by atoms with Gasteiger partial charge in [0.2, 0.25) is 0 Å². The van der Waals surface area contributed by atoms with Crippen LogP contribution in [0.4, 0.5) is 0 Å². The number of unbranched alkanes of at least 4 members (excludes halogenated alkanes) is 2. The molecule has 1 heterocycles. The van der Waals surface area contributed by atoms with E-state index in [9.17, 15) is 0 Å². The number of benzene rings is 1. The molecule has 0 saturated heterocycles. The van der Waals surface area contributed by atoms with Gasteiger partial charge in [-0.05, 0) is 24.5 Å². The van der Waals surface area contributed by atoms with Crippen LogP contribution in [0.1, 0.15) is 31.7 Å². The summed E-state index contributed by atoms with van der Waals surface area (Å²) in [5, 5.41) is 1.34. The Morgan fingerprint density at radius 1 is 1.21 bits per heavy atom. The largest absolute Gasteiger partial charge is 0.353 e. The maximum absolute atomic E-state index is 3.25. The molecule has 0 unspecified atom stereocenters. The van der Waals surface area contributed by atoms with Gasteiger partial charge in [0.15, 0.2) is 0 Å². The molecular weight excluding hydrogens is 170 g/mol. The van der Waals surface area contributed by atoms with Crippen LogP contribution in [0.3, 0.4) is 0 Å². The zero-order valence-electron chi connectivity index (χ0n) is 8.64. The Balaban J connectivity index is 2.17. The highest BCUT2D eigenvalue weighted by atomic mass is 14.7. The van der Waals surface area contributed by atoms with Crippen LogP contribution < -0.4 is 0 Å². The molecule has 1 heteroatoms. The molecule has 2 rings (SSSR count). The van der Waals surface area contributed by atoms with Crippen molar-refractivity contribution in [3.05, 3.63) is 36.0 Å². The predicted molar refractivity (Wildman–Crippen MR) is 60.4 cm³/mol. The summed E-state index contributed by atoms with van der Waals surface area (Å²) >= 11 is 0. The number of para-hydroxylation sites is 1. The fourth-order valence-electron chi connectivity index (χ4n) is 1.81. The van der Waals surface area contributed by atoms with Crippen molar-refractivity contribution in [2.45, 2.75) is 32.6 Å². The van der Waals surface area contributed by atoms with Crippen LogP contribution in [0.15, 0.2) is 24.3 Å². The van der Waals surface area contributed by atoms with Crippen molar-refractivity contribution in [1.82, 2.24) is 4.98 Å². The van der Waals surface area contributed by atoms with Crippen molar-refractivity contribution in [2.24, 2.45) is 0 Å². The molecule has 0 aliphatic heterocycles. The van der Waals surface area contributed by atoms with Gasteiger partial charge in [0.05, 0.1) is 6.20 Å². The highest BCUT2D eigenvalue weighted by Gasteiger charge is 2.01. The van der Waals surface area contributed by atoms with E-state index >= 15 is 0 Å². The van der Waals surface area contributed by atoms with Crippen molar-refractivity contribution in [1.29, 1.82) is 0 Å². The molecule has 0 saturated carbocycles. The van der Waals surface area contributed by atoms with E-state index in [1.54, 1.807) is 0 Å². The molecule has 1 N–H and O–H groups in total. The smallest absolute Gasteiger partial charge is 0.0666 e. The Morgan fingerprint density at radius 2 is 2.07 bits per heavy atom. The summed E-state index contributed by atoms with van der Waals surface area (Å²) in [5.41, 5.74) is 2.55. The zero-order chi connectivity index (χ0) is 9.80. The summed E-state index contributed by atoms with van der Waals surface area (Å²) in [6.45, 7) is 2.24. The molecule has 0 amide bonds. The lowest BCUT2D eigenvalue weighted by Crippen LogP contribution is -1.82. The van der Waals surface area contributed by atoms with E-state index < -0.39 is 0 Å². The summed E-state index contributed by atoms with van der Waals surface area (Å²) in [4.78, 5) is 3.19. The van der Waals surface area contributed by atoms with Gasteiger partial charge >= 0.3 is 0 Å². The maximum atomic E-state index is 3.25. The first kappa shape index (κ1) is 9.32. The van der Waals surface area contributed by atoms with Gasteiger partial charge in [0, 0.05) is 10.9 Å². The second kappa shape index (κ2) is 4.32. The van der Waals surface area contributed by atoms with Gasteiger partial charge in [-0.1, -0.05) is 38.0 Å². The summed E-state index contributed by atoms with van der Waals surface area (Å²) in [7, 11) is 0. The van der Waals surface area contributed by atoms with E-state index in [0.717, 1.165) is 6.42 Å². The van der Waals surface area contributed by atoms with Crippen molar-refractivity contribution in [3.63, 3.8) is 0 Å². The first-order chi connectivity index (χ1) is 6.92. The number of nitrogens with one attached hydrogen (secondary N) is 1. The van der Waals surface area contributed by atoms with Gasteiger partial charge in [-0.15, -0.1) is 0 Å². The lowest BCUT2D eigenvalue weighted by Gasteiger charge is -1.97. The monoisotopic (exact) mass is 186 g/mol. The molecule has 2 aromatic rings. The third-order valence-corrected chi connectivity index (χ3v) is 2.63. The number of hydrogen-bond donors (Lipinski definition) is 1. The summed E-state index contributed by atoms with van der Waals surface area (Å²) in [6.07, 6.45) is 8.26. The van der Waals surface area contributed by atoms with Gasteiger partial charge in [-0.25, -0.2) is 0 Å². The molecule has 14 heavy (non-hydrogen) atoms. The van der Waals surface area contributed by atoms with Crippen molar-refractivity contribution in [2.75, 3.05) is 0 Å². The number of H-pyrrole nitrogens is 1. The van der Waals surface area contributed by atoms with Crippen molar-refractivity contribution < 1.29 is 0 Å². The predicted octanol–water partition coefficient (Wildman–Crippen LogP) is 3.70. The first-order valence-corrected chi connectivity index (χ1v) is 5.39. The van der Waals surface area contributed by atoms with E-state index in [1.807, 2.05) is 0 Å². The normalized spacial score (nSPS) is 10.9. The average Bonchev–Trinajstić information content (AvgIpc) is 2.63. The van der Waals surface area contributed by atoms with Crippen LogP contribution in [0.25, 0.3) is 10.9 Å². The van der Waals surface area contributed by atoms with Crippen LogP contribution in [-0.2, 0) is 6.42 Å². The Hall–Kier alpha value is -1.24. The third kappa shape index (κ3) is 1.82. The fourth-order valence-corrected chi connectivity index (χ4v) is 1.81. The van der Waals surface area contributed by atoms with Crippen LogP contribution in [0.2, 0.25) is 0 Å². The molecule has 73 valence electrons. The molecule has 1 aromatic heterocycles. The van der Waals surface area contributed by atoms with Crippen molar-refractivity contribution >= 4 is 10.9 Å².